The molecule has 0 aliphatic carbocycles. The third kappa shape index (κ3) is 3.26. The van der Waals surface area contributed by atoms with E-state index in [1.54, 1.807) is 7.11 Å². The molecular weight excluding hydrogens is 321 g/mol. The van der Waals surface area contributed by atoms with E-state index in [-0.39, 0.29) is 6.10 Å². The average molecular weight is 337 g/mol. The van der Waals surface area contributed by atoms with Crippen molar-refractivity contribution < 1.29 is 9.47 Å². The van der Waals surface area contributed by atoms with Gasteiger partial charge in [-0.25, -0.2) is 9.97 Å². The summed E-state index contributed by atoms with van der Waals surface area (Å²) in [7, 11) is 1.63. The van der Waals surface area contributed by atoms with E-state index in [0.717, 1.165) is 9.26 Å². The monoisotopic (exact) mass is 337 g/mol. The second-order valence-corrected chi connectivity index (χ2v) is 4.34. The Bertz CT molecular complexity index is 360. The summed E-state index contributed by atoms with van der Waals surface area (Å²) < 4.78 is 11.3. The van der Waals surface area contributed by atoms with E-state index in [1.807, 2.05) is 13.8 Å². The fraction of sp³-hybridized carbons (Fsp3) is 0.600. The van der Waals surface area contributed by atoms with Crippen LogP contribution in [0.25, 0.3) is 0 Å². The summed E-state index contributed by atoms with van der Waals surface area (Å²) in [5.74, 6) is 1.08. The van der Waals surface area contributed by atoms with Crippen LogP contribution in [0.15, 0.2) is 0 Å². The Labute approximate surface area is 109 Å². The summed E-state index contributed by atoms with van der Waals surface area (Å²) >= 11 is 2.12. The molecule has 0 amide bonds. The topological polar surface area (TPSA) is 70.3 Å². The number of rotatable bonds is 5. The van der Waals surface area contributed by atoms with Crippen LogP contribution in [-0.2, 0) is 16.1 Å². The van der Waals surface area contributed by atoms with Crippen molar-refractivity contribution in [1.29, 1.82) is 0 Å². The van der Waals surface area contributed by atoms with Crippen LogP contribution >= 0.6 is 22.6 Å². The maximum Gasteiger partial charge on any atom is 0.159 e. The van der Waals surface area contributed by atoms with Gasteiger partial charge >= 0.3 is 0 Å². The van der Waals surface area contributed by atoms with E-state index in [9.17, 15) is 0 Å². The molecular formula is C10H16IN3O2. The van der Waals surface area contributed by atoms with Gasteiger partial charge < -0.3 is 15.2 Å². The Morgan fingerprint density at radius 3 is 2.69 bits per heavy atom. The van der Waals surface area contributed by atoms with Gasteiger partial charge in [-0.1, -0.05) is 0 Å². The second kappa shape index (κ2) is 6.31. The zero-order chi connectivity index (χ0) is 12.1. The number of nitrogen functional groups attached to an aromatic ring is 1. The molecule has 0 fully saturated rings. The molecule has 0 aliphatic rings. The molecule has 16 heavy (non-hydrogen) atoms. The van der Waals surface area contributed by atoms with Gasteiger partial charge in [-0.05, 0) is 36.4 Å². The molecule has 1 unspecified atom stereocenters. The molecule has 0 saturated heterocycles. The van der Waals surface area contributed by atoms with Gasteiger partial charge in [-0.3, -0.25) is 0 Å². The first kappa shape index (κ1) is 13.6. The van der Waals surface area contributed by atoms with Crippen molar-refractivity contribution in [1.82, 2.24) is 9.97 Å². The Morgan fingerprint density at radius 1 is 1.44 bits per heavy atom. The molecule has 1 aromatic heterocycles. The molecule has 5 nitrogen and oxygen atoms in total. The van der Waals surface area contributed by atoms with Gasteiger partial charge in [0.25, 0.3) is 0 Å². The highest BCUT2D eigenvalue weighted by molar-refractivity contribution is 14.1. The average Bonchev–Trinajstić information content (AvgIpc) is 2.25. The van der Waals surface area contributed by atoms with Crippen LogP contribution in [0, 0.1) is 3.57 Å². The van der Waals surface area contributed by atoms with Gasteiger partial charge in [0.1, 0.15) is 11.9 Å². The summed E-state index contributed by atoms with van der Waals surface area (Å²) in [6, 6.07) is 0. The lowest BCUT2D eigenvalue weighted by Gasteiger charge is -2.13. The Morgan fingerprint density at radius 2 is 2.12 bits per heavy atom. The van der Waals surface area contributed by atoms with Crippen molar-refractivity contribution >= 4 is 28.4 Å². The molecule has 0 radical (unpaired) electrons. The van der Waals surface area contributed by atoms with Gasteiger partial charge in [0.2, 0.25) is 0 Å². The first-order chi connectivity index (χ1) is 7.60. The number of ether oxygens (including phenoxy) is 2. The first-order valence-electron chi connectivity index (χ1n) is 5.02. The van der Waals surface area contributed by atoms with Crippen LogP contribution in [0.4, 0.5) is 5.82 Å². The largest absolute Gasteiger partial charge is 0.383 e. The van der Waals surface area contributed by atoms with Crippen molar-refractivity contribution in [2.45, 2.75) is 26.6 Å². The van der Waals surface area contributed by atoms with E-state index in [2.05, 4.69) is 32.6 Å². The predicted molar refractivity (Wildman–Crippen MR) is 69.9 cm³/mol. The lowest BCUT2D eigenvalue weighted by Crippen LogP contribution is -2.12. The molecule has 0 aromatic carbocycles. The van der Waals surface area contributed by atoms with Crippen LogP contribution in [-0.4, -0.2) is 23.7 Å². The first-order valence-corrected chi connectivity index (χ1v) is 6.10. The molecule has 6 heteroatoms. The van der Waals surface area contributed by atoms with Gasteiger partial charge in [-0.15, -0.1) is 0 Å². The van der Waals surface area contributed by atoms with Crippen molar-refractivity contribution in [3.8, 4) is 0 Å². The summed E-state index contributed by atoms with van der Waals surface area (Å²) in [6.07, 6.45) is -0.153. The zero-order valence-corrected chi connectivity index (χ0v) is 11.8. The highest BCUT2D eigenvalue weighted by Gasteiger charge is 2.14. The number of hydrogen-bond acceptors (Lipinski definition) is 5. The van der Waals surface area contributed by atoms with Crippen LogP contribution in [0.5, 0.6) is 0 Å². The van der Waals surface area contributed by atoms with Gasteiger partial charge in [-0.2, -0.15) is 0 Å². The van der Waals surface area contributed by atoms with Gasteiger partial charge in [0.05, 0.1) is 15.9 Å². The minimum Gasteiger partial charge on any atom is -0.383 e. The Hall–Kier alpha value is -0.470. The summed E-state index contributed by atoms with van der Waals surface area (Å²) in [5, 5.41) is 0. The number of nitrogens with zero attached hydrogens (tertiary/aromatic N) is 2. The van der Waals surface area contributed by atoms with Crippen molar-refractivity contribution in [3.05, 3.63) is 15.1 Å². The molecule has 1 atom stereocenters. The molecule has 0 spiro atoms. The number of anilines is 1. The molecule has 1 heterocycles. The number of methoxy groups -OCH3 is 1. The quantitative estimate of drug-likeness (QED) is 0.831. The number of hydrogen-bond donors (Lipinski definition) is 1. The van der Waals surface area contributed by atoms with Gasteiger partial charge in [0.15, 0.2) is 5.82 Å². The Balaban J connectivity index is 3.03. The van der Waals surface area contributed by atoms with Crippen molar-refractivity contribution in [2.24, 2.45) is 0 Å². The van der Waals surface area contributed by atoms with E-state index in [4.69, 9.17) is 15.2 Å². The molecule has 2 N–H and O–H groups in total. The van der Waals surface area contributed by atoms with Crippen molar-refractivity contribution in [2.75, 3.05) is 19.5 Å². The second-order valence-electron chi connectivity index (χ2n) is 3.26. The fourth-order valence-electron chi connectivity index (χ4n) is 1.27. The standard InChI is InChI=1S/C10H16IN3O2/c1-4-16-6(2)10-13-7(5-15-3)8(11)9(12)14-10/h6H,4-5H2,1-3H3,(H2,12,13,14). The fourth-order valence-corrected chi connectivity index (χ4v) is 1.67. The maximum atomic E-state index is 5.82. The van der Waals surface area contributed by atoms with E-state index >= 15 is 0 Å². The third-order valence-corrected chi connectivity index (χ3v) is 3.20. The number of aromatic nitrogens is 2. The molecule has 1 aromatic rings. The number of nitrogens with two attached hydrogens (primary N) is 1. The zero-order valence-electron chi connectivity index (χ0n) is 9.66. The van der Waals surface area contributed by atoms with E-state index in [0.29, 0.717) is 24.9 Å². The normalized spacial score (nSPS) is 12.8. The van der Waals surface area contributed by atoms with Gasteiger partial charge in [0, 0.05) is 13.7 Å². The van der Waals surface area contributed by atoms with Crippen molar-refractivity contribution in [3.63, 3.8) is 0 Å². The van der Waals surface area contributed by atoms with Crippen LogP contribution in [0.3, 0.4) is 0 Å². The van der Waals surface area contributed by atoms with E-state index in [1.165, 1.54) is 0 Å². The summed E-state index contributed by atoms with van der Waals surface area (Å²) in [5.41, 5.74) is 6.62. The Kier molecular flexibility index (Phi) is 5.36. The number of halogens is 1. The molecule has 0 bridgehead atoms. The molecule has 90 valence electrons. The molecule has 0 saturated carbocycles. The lowest BCUT2D eigenvalue weighted by atomic mass is 10.3. The SMILES string of the molecule is CCOC(C)c1nc(N)c(I)c(COC)n1. The molecule has 1 rings (SSSR count). The lowest BCUT2D eigenvalue weighted by molar-refractivity contribution is 0.0695. The smallest absolute Gasteiger partial charge is 0.159 e. The maximum absolute atomic E-state index is 5.82. The summed E-state index contributed by atoms with van der Waals surface area (Å²) in [6.45, 7) is 4.89. The highest BCUT2D eigenvalue weighted by atomic mass is 127. The highest BCUT2D eigenvalue weighted by Crippen LogP contribution is 2.21. The van der Waals surface area contributed by atoms with Crippen LogP contribution < -0.4 is 5.73 Å². The predicted octanol–water partition coefficient (Wildman–Crippen LogP) is 1.91. The third-order valence-electron chi connectivity index (χ3n) is 2.02. The summed E-state index contributed by atoms with van der Waals surface area (Å²) in [4.78, 5) is 8.61. The van der Waals surface area contributed by atoms with Crippen LogP contribution in [0.1, 0.15) is 31.5 Å². The minimum atomic E-state index is -0.153. The van der Waals surface area contributed by atoms with Crippen LogP contribution in [0.2, 0.25) is 0 Å². The minimum absolute atomic E-state index is 0.153. The van der Waals surface area contributed by atoms with E-state index < -0.39 is 0 Å². The molecule has 0 aliphatic heterocycles.